The minimum atomic E-state index is 0.459. The molecule has 0 amide bonds. The molecule has 1 aromatic rings. The lowest BCUT2D eigenvalue weighted by atomic mass is 9.84. The second kappa shape index (κ2) is 3.80. The minimum Gasteiger partial charge on any atom is -0.508 e. The highest BCUT2D eigenvalue weighted by atomic mass is 16.3. The fraction of sp³-hybridized carbons (Fsp3) is 0.600. The summed E-state index contributed by atoms with van der Waals surface area (Å²) in [5.41, 5.74) is 2.30. The zero-order chi connectivity index (χ0) is 11.1. The summed E-state index contributed by atoms with van der Waals surface area (Å²) in [6, 6.07) is 6.18. The smallest absolute Gasteiger partial charge is 0.118 e. The lowest BCUT2D eigenvalue weighted by molar-refractivity contribution is 0.331. The molecule has 16 heavy (non-hydrogen) atoms. The molecule has 1 aromatic carbocycles. The quantitative estimate of drug-likeness (QED) is 0.799. The van der Waals surface area contributed by atoms with Crippen LogP contribution in [0.4, 0.5) is 0 Å². The average molecular weight is 216 g/mol. The van der Waals surface area contributed by atoms with Gasteiger partial charge in [0.15, 0.2) is 0 Å². The average Bonchev–Trinajstić information content (AvgIpc) is 2.85. The SMILES string of the molecule is Cc1ccc(CC2CC3CCC2C3)cc1O. The molecule has 1 nitrogen and oxygen atoms in total. The zero-order valence-electron chi connectivity index (χ0n) is 9.95. The van der Waals surface area contributed by atoms with E-state index in [0.29, 0.717) is 5.75 Å². The van der Waals surface area contributed by atoms with E-state index in [1.54, 1.807) is 0 Å². The van der Waals surface area contributed by atoms with E-state index in [0.717, 1.165) is 23.3 Å². The molecule has 0 aliphatic heterocycles. The number of fused-ring (bicyclic) bond motifs is 2. The van der Waals surface area contributed by atoms with E-state index in [4.69, 9.17) is 0 Å². The summed E-state index contributed by atoms with van der Waals surface area (Å²) in [7, 11) is 0. The predicted octanol–water partition coefficient (Wildman–Crippen LogP) is 3.68. The molecule has 2 saturated carbocycles. The van der Waals surface area contributed by atoms with Crippen molar-refractivity contribution in [3.63, 3.8) is 0 Å². The molecule has 3 unspecified atom stereocenters. The summed E-state index contributed by atoms with van der Waals surface area (Å²) in [4.78, 5) is 0. The van der Waals surface area contributed by atoms with Gasteiger partial charge >= 0.3 is 0 Å². The van der Waals surface area contributed by atoms with Crippen LogP contribution in [0, 0.1) is 24.7 Å². The summed E-state index contributed by atoms with van der Waals surface area (Å²) in [5, 5.41) is 9.71. The monoisotopic (exact) mass is 216 g/mol. The Hall–Kier alpha value is -0.980. The van der Waals surface area contributed by atoms with Crippen molar-refractivity contribution in [2.75, 3.05) is 0 Å². The molecule has 2 bridgehead atoms. The third-order valence-corrected chi connectivity index (χ3v) is 4.66. The molecule has 0 spiro atoms. The van der Waals surface area contributed by atoms with Gasteiger partial charge in [0, 0.05) is 0 Å². The highest BCUT2D eigenvalue weighted by Crippen LogP contribution is 2.49. The van der Waals surface area contributed by atoms with Crippen LogP contribution in [0.5, 0.6) is 5.75 Å². The summed E-state index contributed by atoms with van der Waals surface area (Å²) in [6.07, 6.45) is 7.00. The van der Waals surface area contributed by atoms with Crippen molar-refractivity contribution in [1.82, 2.24) is 0 Å². The van der Waals surface area contributed by atoms with Crippen molar-refractivity contribution in [2.24, 2.45) is 17.8 Å². The van der Waals surface area contributed by atoms with E-state index in [-0.39, 0.29) is 0 Å². The van der Waals surface area contributed by atoms with Gasteiger partial charge < -0.3 is 5.11 Å². The molecule has 3 atom stereocenters. The van der Waals surface area contributed by atoms with Gasteiger partial charge in [-0.2, -0.15) is 0 Å². The van der Waals surface area contributed by atoms with Gasteiger partial charge in [0.25, 0.3) is 0 Å². The van der Waals surface area contributed by atoms with Gasteiger partial charge in [0.2, 0.25) is 0 Å². The Kier molecular flexibility index (Phi) is 2.42. The maximum atomic E-state index is 9.71. The Morgan fingerprint density at radius 2 is 2.12 bits per heavy atom. The van der Waals surface area contributed by atoms with E-state index in [2.05, 4.69) is 6.07 Å². The molecule has 3 rings (SSSR count). The van der Waals surface area contributed by atoms with Crippen LogP contribution in [-0.2, 0) is 6.42 Å². The first-order valence-electron chi connectivity index (χ1n) is 6.51. The Labute approximate surface area is 97.5 Å². The molecule has 2 aliphatic carbocycles. The molecule has 0 aromatic heterocycles. The Morgan fingerprint density at radius 3 is 2.75 bits per heavy atom. The lowest BCUT2D eigenvalue weighted by Crippen LogP contribution is -2.13. The van der Waals surface area contributed by atoms with Crippen molar-refractivity contribution in [3.05, 3.63) is 29.3 Å². The van der Waals surface area contributed by atoms with Crippen LogP contribution in [0.15, 0.2) is 18.2 Å². The maximum absolute atomic E-state index is 9.71. The van der Waals surface area contributed by atoms with Crippen molar-refractivity contribution >= 4 is 0 Å². The van der Waals surface area contributed by atoms with Crippen molar-refractivity contribution in [3.8, 4) is 5.75 Å². The molecule has 2 fully saturated rings. The molecular weight excluding hydrogens is 196 g/mol. The number of phenols is 1. The van der Waals surface area contributed by atoms with Crippen LogP contribution in [0.2, 0.25) is 0 Å². The first kappa shape index (κ1) is 10.2. The lowest BCUT2D eigenvalue weighted by Gasteiger charge is -2.21. The van der Waals surface area contributed by atoms with E-state index < -0.39 is 0 Å². The summed E-state index contributed by atoms with van der Waals surface area (Å²) in [6.45, 7) is 1.96. The zero-order valence-corrected chi connectivity index (χ0v) is 9.95. The van der Waals surface area contributed by atoms with Crippen LogP contribution in [0.1, 0.15) is 36.8 Å². The largest absolute Gasteiger partial charge is 0.508 e. The van der Waals surface area contributed by atoms with E-state index in [1.165, 1.54) is 37.7 Å². The van der Waals surface area contributed by atoms with Gasteiger partial charge in [0.1, 0.15) is 5.75 Å². The van der Waals surface area contributed by atoms with Crippen molar-refractivity contribution < 1.29 is 5.11 Å². The van der Waals surface area contributed by atoms with Crippen molar-refractivity contribution in [1.29, 1.82) is 0 Å². The first-order chi connectivity index (χ1) is 7.72. The Morgan fingerprint density at radius 1 is 1.25 bits per heavy atom. The van der Waals surface area contributed by atoms with Crippen LogP contribution in [-0.4, -0.2) is 5.11 Å². The maximum Gasteiger partial charge on any atom is 0.118 e. The number of aromatic hydroxyl groups is 1. The van der Waals surface area contributed by atoms with Crippen LogP contribution >= 0.6 is 0 Å². The van der Waals surface area contributed by atoms with Crippen LogP contribution < -0.4 is 0 Å². The van der Waals surface area contributed by atoms with Gasteiger partial charge in [-0.25, -0.2) is 0 Å². The summed E-state index contributed by atoms with van der Waals surface area (Å²) >= 11 is 0. The normalized spacial score (nSPS) is 32.2. The van der Waals surface area contributed by atoms with Crippen molar-refractivity contribution in [2.45, 2.75) is 39.0 Å². The van der Waals surface area contributed by atoms with Gasteiger partial charge in [-0.3, -0.25) is 0 Å². The molecule has 0 saturated heterocycles. The molecule has 86 valence electrons. The molecular formula is C15H20O. The standard InChI is InChI=1S/C15H20O/c1-10-2-3-12(9-15(10)16)8-14-7-11-4-5-13(14)6-11/h2-3,9,11,13-14,16H,4-8H2,1H3. The summed E-state index contributed by atoms with van der Waals surface area (Å²) in [5.74, 6) is 3.35. The number of aryl methyl sites for hydroxylation is 1. The third-order valence-electron chi connectivity index (χ3n) is 4.66. The Balaban J connectivity index is 1.72. The second-order valence-corrected chi connectivity index (χ2v) is 5.76. The first-order valence-corrected chi connectivity index (χ1v) is 6.51. The topological polar surface area (TPSA) is 20.2 Å². The third kappa shape index (κ3) is 1.73. The number of rotatable bonds is 2. The molecule has 1 heteroatoms. The number of hydrogen-bond acceptors (Lipinski definition) is 1. The summed E-state index contributed by atoms with van der Waals surface area (Å²) < 4.78 is 0. The fourth-order valence-electron chi connectivity index (χ4n) is 3.71. The molecule has 0 heterocycles. The number of hydrogen-bond donors (Lipinski definition) is 1. The second-order valence-electron chi connectivity index (χ2n) is 5.76. The van der Waals surface area contributed by atoms with E-state index in [1.807, 2.05) is 19.1 Å². The highest BCUT2D eigenvalue weighted by molar-refractivity contribution is 5.35. The van der Waals surface area contributed by atoms with Gasteiger partial charge in [-0.05, 0) is 67.6 Å². The predicted molar refractivity (Wildman–Crippen MR) is 65.5 cm³/mol. The van der Waals surface area contributed by atoms with E-state index >= 15 is 0 Å². The van der Waals surface area contributed by atoms with Crippen LogP contribution in [0.3, 0.4) is 0 Å². The van der Waals surface area contributed by atoms with Gasteiger partial charge in [-0.1, -0.05) is 18.6 Å². The highest BCUT2D eigenvalue weighted by Gasteiger charge is 2.39. The number of benzene rings is 1. The van der Waals surface area contributed by atoms with Gasteiger partial charge in [0.05, 0.1) is 0 Å². The van der Waals surface area contributed by atoms with Crippen LogP contribution in [0.25, 0.3) is 0 Å². The number of phenolic OH excluding ortho intramolecular Hbond substituents is 1. The van der Waals surface area contributed by atoms with Gasteiger partial charge in [-0.15, -0.1) is 0 Å². The Bertz CT molecular complexity index is 396. The molecule has 0 radical (unpaired) electrons. The fourth-order valence-corrected chi connectivity index (χ4v) is 3.71. The molecule has 2 aliphatic rings. The minimum absolute atomic E-state index is 0.459. The van der Waals surface area contributed by atoms with E-state index in [9.17, 15) is 5.11 Å². The molecule has 1 N–H and O–H groups in total.